The number of aromatic hydroxyl groups is 1. The molecular formula is C17H22N2O7. The molecular weight excluding hydrogens is 344 g/mol. The lowest BCUT2D eigenvalue weighted by atomic mass is 10.2. The first-order valence-electron chi connectivity index (χ1n) is 8.19. The van der Waals surface area contributed by atoms with Crippen molar-refractivity contribution in [2.45, 2.75) is 6.92 Å². The summed E-state index contributed by atoms with van der Waals surface area (Å²) in [6.07, 6.45) is -0.402. The first kappa shape index (κ1) is 19.4. The first-order valence-corrected chi connectivity index (χ1v) is 8.19. The number of phenolic OH excluding ortho intramolecular Hbond substituents is 1. The van der Waals surface area contributed by atoms with E-state index in [0.717, 1.165) is 0 Å². The summed E-state index contributed by atoms with van der Waals surface area (Å²) in [4.78, 5) is 38.8. The molecule has 2 rings (SSSR count). The van der Waals surface area contributed by atoms with Gasteiger partial charge in [-0.15, -0.1) is 0 Å². The number of carbonyl (C=O) groups excluding carboxylic acids is 3. The zero-order valence-electron chi connectivity index (χ0n) is 14.8. The van der Waals surface area contributed by atoms with Gasteiger partial charge in [0.15, 0.2) is 6.61 Å². The lowest BCUT2D eigenvalue weighted by Gasteiger charge is -2.33. The third-order valence-corrected chi connectivity index (χ3v) is 3.91. The molecule has 1 aromatic rings. The van der Waals surface area contributed by atoms with E-state index in [1.165, 1.54) is 35.1 Å². The van der Waals surface area contributed by atoms with Crippen LogP contribution in [0.25, 0.3) is 0 Å². The molecule has 0 radical (unpaired) electrons. The van der Waals surface area contributed by atoms with E-state index in [9.17, 15) is 19.5 Å². The van der Waals surface area contributed by atoms with Gasteiger partial charge in [-0.3, -0.25) is 4.79 Å². The molecule has 1 heterocycles. The Morgan fingerprint density at radius 1 is 1.08 bits per heavy atom. The van der Waals surface area contributed by atoms with Crippen LogP contribution in [0.3, 0.4) is 0 Å². The predicted molar refractivity (Wildman–Crippen MR) is 90.1 cm³/mol. The fraction of sp³-hybridized carbons (Fsp3) is 0.471. The molecule has 0 saturated carbocycles. The molecule has 0 spiro atoms. The highest BCUT2D eigenvalue weighted by atomic mass is 16.6. The molecule has 0 bridgehead atoms. The summed E-state index contributed by atoms with van der Waals surface area (Å²) in [7, 11) is 1.44. The van der Waals surface area contributed by atoms with Crippen molar-refractivity contribution in [1.82, 2.24) is 9.80 Å². The molecule has 9 heteroatoms. The van der Waals surface area contributed by atoms with E-state index in [-0.39, 0.29) is 17.2 Å². The summed E-state index contributed by atoms with van der Waals surface area (Å²) >= 11 is 0. The van der Waals surface area contributed by atoms with Crippen molar-refractivity contribution in [3.8, 4) is 11.5 Å². The molecule has 0 aliphatic carbocycles. The number of benzene rings is 1. The number of hydrogen-bond donors (Lipinski definition) is 1. The minimum atomic E-state index is -0.802. The van der Waals surface area contributed by atoms with Gasteiger partial charge in [-0.2, -0.15) is 0 Å². The summed E-state index contributed by atoms with van der Waals surface area (Å²) in [5.41, 5.74) is -0.0502. The summed E-state index contributed by atoms with van der Waals surface area (Å²) in [6.45, 7) is 2.98. The summed E-state index contributed by atoms with van der Waals surface area (Å²) in [5, 5.41) is 9.81. The normalized spacial score (nSPS) is 13.9. The third kappa shape index (κ3) is 4.78. The van der Waals surface area contributed by atoms with Crippen LogP contribution in [0.15, 0.2) is 18.2 Å². The number of carbonyl (C=O) groups is 3. The number of esters is 1. The Hall–Kier alpha value is -2.97. The van der Waals surface area contributed by atoms with Crippen LogP contribution in [0, 0.1) is 0 Å². The standard InChI is InChI=1S/C17H22N2O7/c1-3-25-17(23)19-8-6-18(7-9-19)15(21)11-26-16(22)13-5-4-12(24-2)10-14(13)20/h4-5,10,20H,3,6-9,11H2,1-2H3. The van der Waals surface area contributed by atoms with Crippen LogP contribution in [-0.2, 0) is 14.3 Å². The summed E-state index contributed by atoms with van der Waals surface area (Å²) in [5.74, 6) is -1.06. The van der Waals surface area contributed by atoms with Crippen LogP contribution in [0.5, 0.6) is 11.5 Å². The second kappa shape index (κ2) is 8.93. The number of methoxy groups -OCH3 is 1. The molecule has 1 N–H and O–H groups in total. The van der Waals surface area contributed by atoms with Crippen molar-refractivity contribution in [2.24, 2.45) is 0 Å². The van der Waals surface area contributed by atoms with Gasteiger partial charge in [0, 0.05) is 32.2 Å². The van der Waals surface area contributed by atoms with Crippen LogP contribution in [0.4, 0.5) is 4.79 Å². The van der Waals surface area contributed by atoms with Crippen LogP contribution in [0.1, 0.15) is 17.3 Å². The SMILES string of the molecule is CCOC(=O)N1CCN(C(=O)COC(=O)c2ccc(OC)cc2O)CC1. The van der Waals surface area contributed by atoms with Gasteiger partial charge in [-0.05, 0) is 19.1 Å². The van der Waals surface area contributed by atoms with Gasteiger partial charge < -0.3 is 29.1 Å². The van der Waals surface area contributed by atoms with Crippen molar-refractivity contribution in [3.05, 3.63) is 23.8 Å². The van der Waals surface area contributed by atoms with E-state index in [1.54, 1.807) is 6.92 Å². The van der Waals surface area contributed by atoms with Crippen molar-refractivity contribution in [3.63, 3.8) is 0 Å². The van der Waals surface area contributed by atoms with E-state index in [1.807, 2.05) is 0 Å². The molecule has 9 nitrogen and oxygen atoms in total. The van der Waals surface area contributed by atoms with Gasteiger partial charge in [-0.25, -0.2) is 9.59 Å². The Kier molecular flexibility index (Phi) is 6.65. The fourth-order valence-corrected chi connectivity index (χ4v) is 2.46. The quantitative estimate of drug-likeness (QED) is 0.771. The Bertz CT molecular complexity index is 669. The largest absolute Gasteiger partial charge is 0.507 e. The minimum absolute atomic E-state index is 0.0502. The van der Waals surface area contributed by atoms with Gasteiger partial charge in [-0.1, -0.05) is 0 Å². The molecule has 1 aliphatic heterocycles. The Morgan fingerprint density at radius 3 is 2.31 bits per heavy atom. The topological polar surface area (TPSA) is 106 Å². The van der Waals surface area contributed by atoms with Gasteiger partial charge in [0.25, 0.3) is 5.91 Å². The predicted octanol–water partition coefficient (Wildman–Crippen LogP) is 0.858. The third-order valence-electron chi connectivity index (χ3n) is 3.91. The first-order chi connectivity index (χ1) is 12.5. The lowest BCUT2D eigenvalue weighted by molar-refractivity contribution is -0.136. The molecule has 0 unspecified atom stereocenters. The van der Waals surface area contributed by atoms with Crippen molar-refractivity contribution < 1.29 is 33.7 Å². The monoisotopic (exact) mass is 366 g/mol. The number of amides is 2. The maximum atomic E-state index is 12.2. The highest BCUT2D eigenvalue weighted by Gasteiger charge is 2.25. The number of ether oxygens (including phenoxy) is 3. The molecule has 2 amide bonds. The van der Waals surface area contributed by atoms with Gasteiger partial charge in [0.1, 0.15) is 17.1 Å². The van der Waals surface area contributed by atoms with Crippen LogP contribution >= 0.6 is 0 Å². The Morgan fingerprint density at radius 2 is 1.73 bits per heavy atom. The van der Waals surface area contributed by atoms with Crippen LogP contribution in [0.2, 0.25) is 0 Å². The second-order valence-electron chi connectivity index (χ2n) is 5.53. The summed E-state index contributed by atoms with van der Waals surface area (Å²) < 4.78 is 14.8. The van der Waals surface area contributed by atoms with Gasteiger partial charge >= 0.3 is 12.1 Å². The highest BCUT2D eigenvalue weighted by Crippen LogP contribution is 2.24. The van der Waals surface area contributed by atoms with E-state index in [4.69, 9.17) is 14.2 Å². The fourth-order valence-electron chi connectivity index (χ4n) is 2.46. The van der Waals surface area contributed by atoms with E-state index in [2.05, 4.69) is 0 Å². The van der Waals surface area contributed by atoms with Crippen molar-refractivity contribution in [2.75, 3.05) is 46.5 Å². The molecule has 1 aromatic carbocycles. The molecule has 0 aromatic heterocycles. The van der Waals surface area contributed by atoms with Crippen LogP contribution < -0.4 is 4.74 Å². The molecule has 1 aliphatic rings. The second-order valence-corrected chi connectivity index (χ2v) is 5.53. The number of rotatable bonds is 5. The minimum Gasteiger partial charge on any atom is -0.507 e. The molecule has 1 fully saturated rings. The molecule has 0 atom stereocenters. The van der Waals surface area contributed by atoms with E-state index >= 15 is 0 Å². The van der Waals surface area contributed by atoms with Crippen molar-refractivity contribution >= 4 is 18.0 Å². The van der Waals surface area contributed by atoms with Crippen molar-refractivity contribution in [1.29, 1.82) is 0 Å². The lowest BCUT2D eigenvalue weighted by Crippen LogP contribution is -2.51. The smallest absolute Gasteiger partial charge is 0.409 e. The maximum Gasteiger partial charge on any atom is 0.409 e. The average Bonchev–Trinajstić information content (AvgIpc) is 2.66. The zero-order valence-corrected chi connectivity index (χ0v) is 14.8. The van der Waals surface area contributed by atoms with Gasteiger partial charge in [0.05, 0.1) is 13.7 Å². The maximum absolute atomic E-state index is 12.2. The van der Waals surface area contributed by atoms with Crippen LogP contribution in [-0.4, -0.2) is 79.4 Å². The number of nitrogens with zero attached hydrogens (tertiary/aromatic N) is 2. The van der Waals surface area contributed by atoms with E-state index in [0.29, 0.717) is 38.5 Å². The molecule has 26 heavy (non-hydrogen) atoms. The average molecular weight is 366 g/mol. The number of hydrogen-bond acceptors (Lipinski definition) is 7. The number of piperazine rings is 1. The Labute approximate surface area is 151 Å². The molecule has 142 valence electrons. The zero-order chi connectivity index (χ0) is 19.1. The highest BCUT2D eigenvalue weighted by molar-refractivity contribution is 5.94. The van der Waals surface area contributed by atoms with E-state index < -0.39 is 18.7 Å². The number of phenols is 1. The molecule has 1 saturated heterocycles. The summed E-state index contributed by atoms with van der Waals surface area (Å²) in [6, 6.07) is 4.15. The van der Waals surface area contributed by atoms with Gasteiger partial charge in [0.2, 0.25) is 0 Å². The Balaban J connectivity index is 1.82.